The Morgan fingerprint density at radius 3 is 2.73 bits per heavy atom. The van der Waals surface area contributed by atoms with Gasteiger partial charge in [0.15, 0.2) is 0 Å². The highest BCUT2D eigenvalue weighted by atomic mass is 32.1. The summed E-state index contributed by atoms with van der Waals surface area (Å²) in [5, 5.41) is 11.8. The third-order valence-corrected chi connectivity index (χ3v) is 4.63. The van der Waals surface area contributed by atoms with E-state index in [-0.39, 0.29) is 18.5 Å². The molecule has 0 bridgehead atoms. The molecular formula is C14H17N3O4S. The molecule has 0 aliphatic rings. The Balaban J connectivity index is 2.27. The maximum Gasteiger partial charge on any atom is 0.326 e. The van der Waals surface area contributed by atoms with Crippen molar-refractivity contribution in [2.45, 2.75) is 39.8 Å². The van der Waals surface area contributed by atoms with Gasteiger partial charge >= 0.3 is 5.97 Å². The summed E-state index contributed by atoms with van der Waals surface area (Å²) < 4.78 is 1.20. The standard InChI is InChI=1S/C14H17N3O4S/c1-4-9(14(20)21)16-10(18)5-17-6-15-12-11(13(17)19)7(2)8(3)22-12/h6,9H,4-5H2,1-3H3,(H,16,18)(H,20,21). The van der Waals surface area contributed by atoms with Crippen LogP contribution in [-0.2, 0) is 16.1 Å². The molecule has 2 heterocycles. The van der Waals surface area contributed by atoms with Crippen molar-refractivity contribution in [1.82, 2.24) is 14.9 Å². The third kappa shape index (κ3) is 3.01. The molecule has 2 aromatic heterocycles. The highest BCUT2D eigenvalue weighted by Crippen LogP contribution is 2.25. The van der Waals surface area contributed by atoms with Crippen LogP contribution >= 0.6 is 11.3 Å². The average Bonchev–Trinajstić information content (AvgIpc) is 2.75. The SMILES string of the molecule is CCC(NC(=O)Cn1cnc2sc(C)c(C)c2c1=O)C(=O)O. The van der Waals surface area contributed by atoms with Crippen molar-refractivity contribution in [3.8, 4) is 0 Å². The number of nitrogens with zero attached hydrogens (tertiary/aromatic N) is 2. The second-order valence-corrected chi connectivity index (χ2v) is 6.21. The van der Waals surface area contributed by atoms with Crippen molar-refractivity contribution in [3.05, 3.63) is 27.1 Å². The number of carboxylic acid groups (broad SMARTS) is 1. The predicted molar refractivity (Wildman–Crippen MR) is 83.2 cm³/mol. The van der Waals surface area contributed by atoms with Gasteiger partial charge in [-0.25, -0.2) is 9.78 Å². The Morgan fingerprint density at radius 1 is 1.45 bits per heavy atom. The molecule has 2 rings (SSSR count). The zero-order valence-corrected chi connectivity index (χ0v) is 13.4. The summed E-state index contributed by atoms with van der Waals surface area (Å²) in [6.45, 7) is 5.17. The zero-order valence-electron chi connectivity index (χ0n) is 12.5. The van der Waals surface area contributed by atoms with Crippen LogP contribution in [0.4, 0.5) is 0 Å². The fraction of sp³-hybridized carbons (Fsp3) is 0.429. The molecule has 0 aliphatic heterocycles. The number of hydrogen-bond acceptors (Lipinski definition) is 5. The Bertz CT molecular complexity index is 793. The van der Waals surface area contributed by atoms with Crippen LogP contribution in [0.1, 0.15) is 23.8 Å². The van der Waals surface area contributed by atoms with Gasteiger partial charge in [-0.15, -0.1) is 11.3 Å². The summed E-state index contributed by atoms with van der Waals surface area (Å²) in [4.78, 5) is 41.1. The summed E-state index contributed by atoms with van der Waals surface area (Å²) in [5.41, 5.74) is 0.578. The van der Waals surface area contributed by atoms with Gasteiger partial charge in [0.2, 0.25) is 5.91 Å². The normalized spacial score (nSPS) is 12.3. The van der Waals surface area contributed by atoms with Crippen LogP contribution in [0.2, 0.25) is 0 Å². The lowest BCUT2D eigenvalue weighted by atomic mass is 10.2. The Morgan fingerprint density at radius 2 is 2.14 bits per heavy atom. The number of nitrogens with one attached hydrogen (secondary N) is 1. The van der Waals surface area contributed by atoms with Gasteiger partial charge in [0, 0.05) is 4.88 Å². The molecule has 2 N–H and O–H groups in total. The van der Waals surface area contributed by atoms with E-state index in [0.29, 0.717) is 10.2 Å². The van der Waals surface area contributed by atoms with Gasteiger partial charge < -0.3 is 10.4 Å². The number of hydrogen-bond donors (Lipinski definition) is 2. The van der Waals surface area contributed by atoms with Gasteiger partial charge in [0.05, 0.1) is 11.7 Å². The highest BCUT2D eigenvalue weighted by Gasteiger charge is 2.19. The molecule has 0 spiro atoms. The minimum Gasteiger partial charge on any atom is -0.480 e. The topological polar surface area (TPSA) is 101 Å². The number of thiophene rings is 1. The van der Waals surface area contributed by atoms with E-state index in [0.717, 1.165) is 10.4 Å². The molecular weight excluding hydrogens is 306 g/mol. The third-order valence-electron chi connectivity index (χ3n) is 3.51. The predicted octanol–water partition coefficient (Wildman–Crippen LogP) is 1.05. The smallest absolute Gasteiger partial charge is 0.326 e. The fourth-order valence-corrected chi connectivity index (χ4v) is 3.10. The summed E-state index contributed by atoms with van der Waals surface area (Å²) >= 11 is 1.44. The maximum absolute atomic E-state index is 12.4. The molecule has 118 valence electrons. The molecule has 7 nitrogen and oxygen atoms in total. The van der Waals surface area contributed by atoms with Gasteiger partial charge in [-0.2, -0.15) is 0 Å². The molecule has 0 saturated heterocycles. The molecule has 8 heteroatoms. The summed E-state index contributed by atoms with van der Waals surface area (Å²) in [6, 6.07) is -0.954. The molecule has 0 saturated carbocycles. The van der Waals surface area contributed by atoms with Crippen LogP contribution in [0.3, 0.4) is 0 Å². The van der Waals surface area contributed by atoms with Crippen LogP contribution in [0, 0.1) is 13.8 Å². The van der Waals surface area contributed by atoms with Crippen LogP contribution in [-0.4, -0.2) is 32.6 Å². The molecule has 1 amide bonds. The van der Waals surface area contributed by atoms with Crippen LogP contribution in [0.15, 0.2) is 11.1 Å². The molecule has 0 radical (unpaired) electrons. The average molecular weight is 323 g/mol. The van der Waals surface area contributed by atoms with Gasteiger partial charge in [0.1, 0.15) is 17.4 Å². The number of aliphatic carboxylic acids is 1. The van der Waals surface area contributed by atoms with Crippen molar-refractivity contribution in [2.24, 2.45) is 0 Å². The van der Waals surface area contributed by atoms with Crippen LogP contribution < -0.4 is 10.9 Å². The number of aryl methyl sites for hydroxylation is 2. The Hall–Kier alpha value is -2.22. The Kier molecular flexibility index (Phi) is 4.60. The second kappa shape index (κ2) is 6.27. The van der Waals surface area contributed by atoms with E-state index in [9.17, 15) is 14.4 Å². The van der Waals surface area contributed by atoms with E-state index in [1.54, 1.807) is 6.92 Å². The minimum absolute atomic E-state index is 0.250. The Labute approximate surface area is 130 Å². The second-order valence-electron chi connectivity index (χ2n) is 5.01. The monoisotopic (exact) mass is 323 g/mol. The van der Waals surface area contributed by atoms with E-state index in [1.165, 1.54) is 22.2 Å². The molecule has 22 heavy (non-hydrogen) atoms. The van der Waals surface area contributed by atoms with Crippen LogP contribution in [0.25, 0.3) is 10.2 Å². The van der Waals surface area contributed by atoms with Gasteiger partial charge in [0.25, 0.3) is 5.56 Å². The number of aromatic nitrogens is 2. The lowest BCUT2D eigenvalue weighted by molar-refractivity contribution is -0.142. The zero-order chi connectivity index (χ0) is 16.4. The molecule has 1 atom stereocenters. The number of carboxylic acids is 1. The fourth-order valence-electron chi connectivity index (χ4n) is 2.12. The molecule has 0 fully saturated rings. The van der Waals surface area contributed by atoms with Crippen LogP contribution in [0.5, 0.6) is 0 Å². The van der Waals surface area contributed by atoms with Crippen molar-refractivity contribution in [2.75, 3.05) is 0 Å². The van der Waals surface area contributed by atoms with E-state index in [4.69, 9.17) is 5.11 Å². The maximum atomic E-state index is 12.4. The quantitative estimate of drug-likeness (QED) is 0.856. The van der Waals surface area contributed by atoms with Gasteiger partial charge in [-0.1, -0.05) is 6.92 Å². The molecule has 0 aliphatic carbocycles. The van der Waals surface area contributed by atoms with Crippen molar-refractivity contribution in [1.29, 1.82) is 0 Å². The van der Waals surface area contributed by atoms with Gasteiger partial charge in [-0.3, -0.25) is 14.2 Å². The first-order chi connectivity index (χ1) is 10.3. The summed E-state index contributed by atoms with van der Waals surface area (Å²) in [7, 11) is 0. The van der Waals surface area contributed by atoms with Crippen molar-refractivity contribution >= 4 is 33.4 Å². The lowest BCUT2D eigenvalue weighted by Gasteiger charge is -2.12. The summed E-state index contributed by atoms with van der Waals surface area (Å²) in [5.74, 6) is -1.62. The minimum atomic E-state index is -1.10. The lowest BCUT2D eigenvalue weighted by Crippen LogP contribution is -2.42. The van der Waals surface area contributed by atoms with Crippen molar-refractivity contribution < 1.29 is 14.7 Å². The number of carbonyl (C=O) groups is 2. The van der Waals surface area contributed by atoms with E-state index in [2.05, 4.69) is 10.3 Å². The van der Waals surface area contributed by atoms with Gasteiger partial charge in [-0.05, 0) is 25.8 Å². The number of carbonyl (C=O) groups excluding carboxylic acids is 1. The molecule has 0 aromatic carbocycles. The first kappa shape index (κ1) is 16.2. The first-order valence-corrected chi connectivity index (χ1v) is 7.64. The molecule has 2 aromatic rings. The summed E-state index contributed by atoms with van der Waals surface area (Å²) in [6.07, 6.45) is 1.59. The largest absolute Gasteiger partial charge is 0.480 e. The molecule has 1 unspecified atom stereocenters. The number of rotatable bonds is 5. The number of amides is 1. The first-order valence-electron chi connectivity index (χ1n) is 6.82. The van der Waals surface area contributed by atoms with E-state index >= 15 is 0 Å². The highest BCUT2D eigenvalue weighted by molar-refractivity contribution is 7.18. The number of fused-ring (bicyclic) bond motifs is 1. The van der Waals surface area contributed by atoms with Crippen molar-refractivity contribution in [3.63, 3.8) is 0 Å². The van der Waals surface area contributed by atoms with E-state index < -0.39 is 17.9 Å². The van der Waals surface area contributed by atoms with E-state index in [1.807, 2.05) is 13.8 Å².